The van der Waals surface area contributed by atoms with E-state index in [2.05, 4.69) is 19.1 Å². The van der Waals surface area contributed by atoms with Crippen LogP contribution in [0.4, 0.5) is 0 Å². The zero-order valence-corrected chi connectivity index (χ0v) is 16.0. The first-order valence-corrected chi connectivity index (χ1v) is 9.69. The number of carboxylic acid groups (broad SMARTS) is 1. The van der Waals surface area contributed by atoms with E-state index < -0.39 is 18.2 Å². The van der Waals surface area contributed by atoms with Crippen molar-refractivity contribution in [2.75, 3.05) is 0 Å². The maximum Gasteiger partial charge on any atom is 0.303 e. The highest BCUT2D eigenvalue weighted by Crippen LogP contribution is 2.33. The molecule has 1 aliphatic rings. The van der Waals surface area contributed by atoms with Crippen molar-refractivity contribution >= 4 is 11.8 Å². The van der Waals surface area contributed by atoms with E-state index in [1.165, 1.54) is 0 Å². The summed E-state index contributed by atoms with van der Waals surface area (Å²) in [4.78, 5) is 22.6. The van der Waals surface area contributed by atoms with Crippen LogP contribution in [0, 0.1) is 11.8 Å². The Labute approximate surface area is 161 Å². The van der Waals surface area contributed by atoms with Crippen LogP contribution in [0.2, 0.25) is 0 Å². The van der Waals surface area contributed by atoms with Gasteiger partial charge in [-0.2, -0.15) is 0 Å². The molecule has 1 aliphatic carbocycles. The topological polar surface area (TPSA) is 94.8 Å². The van der Waals surface area contributed by atoms with Crippen molar-refractivity contribution in [1.82, 2.24) is 0 Å². The number of ketones is 1. The van der Waals surface area contributed by atoms with Crippen molar-refractivity contribution in [2.45, 2.75) is 64.1 Å². The molecule has 5 heteroatoms. The van der Waals surface area contributed by atoms with Gasteiger partial charge in [0.25, 0.3) is 0 Å². The first-order valence-electron chi connectivity index (χ1n) is 9.69. The smallest absolute Gasteiger partial charge is 0.303 e. The van der Waals surface area contributed by atoms with E-state index in [9.17, 15) is 19.8 Å². The molecule has 0 amide bonds. The molecule has 150 valence electrons. The second-order valence-electron chi connectivity index (χ2n) is 6.84. The van der Waals surface area contributed by atoms with Crippen LogP contribution in [0.1, 0.15) is 51.9 Å². The van der Waals surface area contributed by atoms with Crippen molar-refractivity contribution in [3.8, 4) is 0 Å². The van der Waals surface area contributed by atoms with Gasteiger partial charge in [0.1, 0.15) is 5.78 Å². The lowest BCUT2D eigenvalue weighted by Crippen LogP contribution is -2.18. The predicted molar refractivity (Wildman–Crippen MR) is 106 cm³/mol. The van der Waals surface area contributed by atoms with Gasteiger partial charge >= 0.3 is 5.97 Å². The summed E-state index contributed by atoms with van der Waals surface area (Å²) in [5, 5.41) is 28.8. The van der Waals surface area contributed by atoms with Gasteiger partial charge in [-0.25, -0.2) is 0 Å². The second kappa shape index (κ2) is 13.2. The maximum absolute atomic E-state index is 12.1. The largest absolute Gasteiger partial charge is 0.481 e. The lowest BCUT2D eigenvalue weighted by Gasteiger charge is -2.16. The molecule has 0 unspecified atom stereocenters. The van der Waals surface area contributed by atoms with Crippen LogP contribution in [0.5, 0.6) is 0 Å². The zero-order valence-electron chi connectivity index (χ0n) is 16.0. The number of hydrogen-bond acceptors (Lipinski definition) is 4. The fraction of sp³-hybridized carbons (Fsp3) is 0.545. The summed E-state index contributed by atoms with van der Waals surface area (Å²) >= 11 is 0. The van der Waals surface area contributed by atoms with Gasteiger partial charge in [0.2, 0.25) is 0 Å². The molecule has 0 aromatic rings. The number of aliphatic hydroxyl groups excluding tert-OH is 2. The molecule has 1 fully saturated rings. The molecule has 0 aromatic carbocycles. The Morgan fingerprint density at radius 2 is 1.93 bits per heavy atom. The summed E-state index contributed by atoms with van der Waals surface area (Å²) in [7, 11) is 0. The molecule has 4 atom stereocenters. The van der Waals surface area contributed by atoms with Gasteiger partial charge in [-0.1, -0.05) is 55.5 Å². The van der Waals surface area contributed by atoms with Crippen molar-refractivity contribution in [2.24, 2.45) is 11.8 Å². The molecule has 0 heterocycles. The van der Waals surface area contributed by atoms with Crippen LogP contribution in [-0.4, -0.2) is 39.3 Å². The summed E-state index contributed by atoms with van der Waals surface area (Å²) < 4.78 is 0. The number of Topliss-reactive ketones (excluding diaryl/α,β-unsaturated/α-hetero) is 1. The molecular formula is C22H32O5. The predicted octanol–water partition coefficient (Wildman–Crippen LogP) is 3.58. The third-order valence-electron chi connectivity index (χ3n) is 4.59. The Morgan fingerprint density at radius 3 is 2.63 bits per heavy atom. The highest BCUT2D eigenvalue weighted by molar-refractivity contribution is 5.84. The number of carboxylic acids is 1. The molecule has 0 saturated heterocycles. The number of rotatable bonds is 12. The number of hydrogen-bond donors (Lipinski definition) is 3. The Balaban J connectivity index is 2.50. The minimum absolute atomic E-state index is 0.0112. The van der Waals surface area contributed by atoms with Crippen LogP contribution in [0.3, 0.4) is 0 Å². The summed E-state index contributed by atoms with van der Waals surface area (Å²) in [6.07, 6.45) is 17.1. The summed E-state index contributed by atoms with van der Waals surface area (Å²) in [6.45, 7) is 2.08. The Hall–Kier alpha value is -1.98. The molecule has 0 aromatic heterocycles. The van der Waals surface area contributed by atoms with Crippen molar-refractivity contribution < 1.29 is 24.9 Å². The van der Waals surface area contributed by atoms with Gasteiger partial charge in [-0.15, -0.1) is 0 Å². The zero-order chi connectivity index (χ0) is 20.1. The van der Waals surface area contributed by atoms with Crippen LogP contribution in [0.25, 0.3) is 0 Å². The van der Waals surface area contributed by atoms with Gasteiger partial charge in [0.15, 0.2) is 0 Å². The number of aliphatic carboxylic acids is 1. The van der Waals surface area contributed by atoms with E-state index in [0.29, 0.717) is 19.3 Å². The van der Waals surface area contributed by atoms with Crippen LogP contribution < -0.4 is 0 Å². The maximum atomic E-state index is 12.1. The molecule has 0 radical (unpaired) electrons. The van der Waals surface area contributed by atoms with Gasteiger partial charge < -0.3 is 15.3 Å². The molecule has 0 spiro atoms. The third-order valence-corrected chi connectivity index (χ3v) is 4.59. The molecule has 1 saturated carbocycles. The van der Waals surface area contributed by atoms with Crippen molar-refractivity contribution in [1.29, 1.82) is 0 Å². The number of carbonyl (C=O) groups is 2. The minimum Gasteiger partial charge on any atom is -0.481 e. The average molecular weight is 376 g/mol. The van der Waals surface area contributed by atoms with E-state index >= 15 is 0 Å². The van der Waals surface area contributed by atoms with Crippen LogP contribution in [-0.2, 0) is 9.59 Å². The monoisotopic (exact) mass is 376 g/mol. The molecule has 1 rings (SSSR count). The van der Waals surface area contributed by atoms with Gasteiger partial charge in [-0.05, 0) is 32.1 Å². The lowest BCUT2D eigenvalue weighted by atomic mass is 9.90. The average Bonchev–Trinajstić information content (AvgIpc) is 2.88. The molecule has 3 N–H and O–H groups in total. The van der Waals surface area contributed by atoms with Crippen LogP contribution in [0.15, 0.2) is 48.6 Å². The number of carbonyl (C=O) groups excluding carboxylic acids is 1. The third kappa shape index (κ3) is 9.50. The first-order chi connectivity index (χ1) is 13.0. The Kier molecular flexibility index (Phi) is 11.3. The molecule has 0 bridgehead atoms. The summed E-state index contributed by atoms with van der Waals surface area (Å²) in [5.74, 6) is -1.47. The van der Waals surface area contributed by atoms with Gasteiger partial charge in [-0.3, -0.25) is 9.59 Å². The number of aliphatic hydroxyl groups is 2. The summed E-state index contributed by atoms with van der Waals surface area (Å²) in [5.41, 5.74) is 0. The fourth-order valence-electron chi connectivity index (χ4n) is 3.10. The highest BCUT2D eigenvalue weighted by Gasteiger charge is 2.39. The standard InChI is InChI=1S/C22H32O5/c1-2-3-4-5-6-8-11-17(23)14-15-19-18(20(24)16-21(19)25)12-9-7-10-13-22(26)27/h3-4,6-9,14-15,17-19,21,23,25H,2,5,10-13,16H2,1H3,(H,26,27)/b4-3-,8-6-,9-7-,15-14+/t17-,18+,19+,21+/m0/s1. The highest BCUT2D eigenvalue weighted by atomic mass is 16.4. The molecule has 5 nitrogen and oxygen atoms in total. The Morgan fingerprint density at radius 1 is 1.19 bits per heavy atom. The minimum atomic E-state index is -0.850. The first kappa shape index (κ1) is 23.1. The van der Waals surface area contributed by atoms with E-state index in [4.69, 9.17) is 5.11 Å². The van der Waals surface area contributed by atoms with E-state index in [1.54, 1.807) is 18.2 Å². The quantitative estimate of drug-likeness (QED) is 0.453. The molecule has 27 heavy (non-hydrogen) atoms. The van der Waals surface area contributed by atoms with Crippen molar-refractivity contribution in [3.05, 3.63) is 48.6 Å². The SMILES string of the molecule is CC/C=C\C/C=C\C[C@H](O)/C=C/[C@H]1[C@H](O)CC(=O)[C@@H]1C/C=C\CCC(=O)O. The molecular weight excluding hydrogens is 344 g/mol. The normalized spacial score (nSPS) is 24.9. The van der Waals surface area contributed by atoms with Crippen molar-refractivity contribution in [3.63, 3.8) is 0 Å². The van der Waals surface area contributed by atoms with E-state index in [-0.39, 0.29) is 30.5 Å². The van der Waals surface area contributed by atoms with Gasteiger partial charge in [0, 0.05) is 24.7 Å². The van der Waals surface area contributed by atoms with E-state index in [1.807, 2.05) is 18.2 Å². The fourth-order valence-corrected chi connectivity index (χ4v) is 3.10. The van der Waals surface area contributed by atoms with Gasteiger partial charge in [0.05, 0.1) is 12.2 Å². The molecule has 0 aliphatic heterocycles. The lowest BCUT2D eigenvalue weighted by molar-refractivity contribution is -0.136. The summed E-state index contributed by atoms with van der Waals surface area (Å²) in [6, 6.07) is 0. The van der Waals surface area contributed by atoms with Crippen LogP contribution >= 0.6 is 0 Å². The Bertz CT molecular complexity index is 573. The second-order valence-corrected chi connectivity index (χ2v) is 6.84. The number of allylic oxidation sites excluding steroid dienone is 5. The van der Waals surface area contributed by atoms with E-state index in [0.717, 1.165) is 12.8 Å².